The van der Waals surface area contributed by atoms with Gasteiger partial charge in [-0.05, 0) is 70.6 Å². The summed E-state index contributed by atoms with van der Waals surface area (Å²) in [5.41, 5.74) is 11.0. The molecule has 0 bridgehead atoms. The standard InChI is InChI=1S/C29H24NO.C14H15FNSi.Ir/c1-19(20-7-3-2-4-8-20)22-15-16-30-27(18-22)23-12-14-28-26(17-23)25-13-11-21-9-5-6-10-24(21)29(25)31-28;1-17(2,3)13-8-9-14(16-10-13)11-4-6-12(15)7-5-11;/h2-4,7-8,11,13-19H,5-6,9-10H2,1H3;4,6-10H,1-3H3;/q2*-1;. The van der Waals surface area contributed by atoms with Crippen LogP contribution in [0.15, 0.2) is 114 Å². The average Bonchev–Trinajstić information content (AvgIpc) is 3.51. The largest absolute Gasteiger partial charge is 0.500 e. The summed E-state index contributed by atoms with van der Waals surface area (Å²) < 4.78 is 19.1. The Balaban J connectivity index is 0.000000198. The number of aryl methyl sites for hydroxylation is 2. The van der Waals surface area contributed by atoms with Gasteiger partial charge >= 0.3 is 0 Å². The number of hydrogen-bond acceptors (Lipinski definition) is 3. The van der Waals surface area contributed by atoms with Crippen LogP contribution in [0.3, 0.4) is 0 Å². The molecule has 4 aromatic carbocycles. The molecule has 0 spiro atoms. The van der Waals surface area contributed by atoms with E-state index in [-0.39, 0.29) is 25.9 Å². The molecule has 3 aromatic heterocycles. The van der Waals surface area contributed by atoms with Gasteiger partial charge in [0.2, 0.25) is 0 Å². The summed E-state index contributed by atoms with van der Waals surface area (Å²) in [4.78, 5) is 9.09. The van der Waals surface area contributed by atoms with Crippen LogP contribution >= 0.6 is 0 Å². The molecule has 0 amide bonds. The molecule has 0 aliphatic heterocycles. The van der Waals surface area contributed by atoms with Crippen molar-refractivity contribution in [3.05, 3.63) is 150 Å². The summed E-state index contributed by atoms with van der Waals surface area (Å²) in [6, 6.07) is 38.5. The minimum atomic E-state index is -1.30. The zero-order chi connectivity index (χ0) is 33.3. The molecule has 7 aromatic rings. The predicted molar refractivity (Wildman–Crippen MR) is 198 cm³/mol. The van der Waals surface area contributed by atoms with E-state index in [0.29, 0.717) is 5.92 Å². The van der Waals surface area contributed by atoms with Gasteiger partial charge < -0.3 is 14.4 Å². The zero-order valence-electron chi connectivity index (χ0n) is 28.3. The number of benzene rings is 4. The minimum absolute atomic E-state index is 0. The van der Waals surface area contributed by atoms with Crippen LogP contribution in [0, 0.1) is 17.9 Å². The van der Waals surface area contributed by atoms with Crippen molar-refractivity contribution < 1.29 is 28.9 Å². The summed E-state index contributed by atoms with van der Waals surface area (Å²) in [6.07, 6.45) is 8.64. The second-order valence-corrected chi connectivity index (χ2v) is 18.8. The van der Waals surface area contributed by atoms with E-state index in [1.807, 2.05) is 24.5 Å². The van der Waals surface area contributed by atoms with Crippen molar-refractivity contribution in [1.82, 2.24) is 9.97 Å². The fourth-order valence-electron chi connectivity index (χ4n) is 6.51. The molecule has 1 aliphatic rings. The molecular weight excluding hydrogens is 800 g/mol. The van der Waals surface area contributed by atoms with Gasteiger partial charge in [-0.1, -0.05) is 92.6 Å². The molecule has 3 heterocycles. The van der Waals surface area contributed by atoms with E-state index in [1.54, 1.807) is 6.07 Å². The van der Waals surface area contributed by atoms with Crippen LogP contribution in [0.25, 0.3) is 44.5 Å². The molecule has 1 atom stereocenters. The molecule has 1 unspecified atom stereocenters. The second-order valence-electron chi connectivity index (χ2n) is 13.7. The maximum absolute atomic E-state index is 12.8. The van der Waals surface area contributed by atoms with Gasteiger partial charge in [-0.25, -0.2) is 0 Å². The van der Waals surface area contributed by atoms with Gasteiger partial charge in [0.05, 0.1) is 13.7 Å². The van der Waals surface area contributed by atoms with Gasteiger partial charge in [0.15, 0.2) is 0 Å². The van der Waals surface area contributed by atoms with E-state index in [2.05, 4.69) is 115 Å². The molecule has 1 aliphatic carbocycles. The maximum Gasteiger partial charge on any atom is 0.124 e. The summed E-state index contributed by atoms with van der Waals surface area (Å²) in [7, 11) is -1.30. The summed E-state index contributed by atoms with van der Waals surface area (Å²) in [5.74, 6) is 0.0421. The molecule has 8 rings (SSSR count). The van der Waals surface area contributed by atoms with Gasteiger partial charge in [0, 0.05) is 49.6 Å². The van der Waals surface area contributed by atoms with Gasteiger partial charge in [-0.2, -0.15) is 0 Å². The van der Waals surface area contributed by atoms with Crippen LogP contribution in [0.4, 0.5) is 4.39 Å². The SMILES string of the molecule is CC(c1ccccc1)c1ccnc(-c2[c-]cc3oc4c5c(ccc4c3c2)CCCC5)c1.C[Si](C)(C)c1ccc(-c2[c-]cc(F)cc2)nc1.[Ir]. The Morgan fingerprint density at radius 3 is 2.29 bits per heavy atom. The number of rotatable bonds is 5. The molecular formula is C43H39FIrN2OSi-2. The van der Waals surface area contributed by atoms with Crippen LogP contribution in [-0.2, 0) is 32.9 Å². The number of fused-ring (bicyclic) bond motifs is 5. The number of aromatic nitrogens is 2. The van der Waals surface area contributed by atoms with E-state index in [9.17, 15) is 4.39 Å². The minimum Gasteiger partial charge on any atom is -0.500 e. The molecule has 6 heteroatoms. The number of halogens is 1. The van der Waals surface area contributed by atoms with Gasteiger partial charge in [-0.3, -0.25) is 4.39 Å². The Morgan fingerprint density at radius 2 is 1.55 bits per heavy atom. The molecule has 0 saturated carbocycles. The Morgan fingerprint density at radius 1 is 0.755 bits per heavy atom. The first-order chi connectivity index (χ1) is 23.2. The summed E-state index contributed by atoms with van der Waals surface area (Å²) >= 11 is 0. The van der Waals surface area contributed by atoms with Crippen molar-refractivity contribution in [1.29, 1.82) is 0 Å². The fraction of sp³-hybridized carbons (Fsp3) is 0.209. The maximum atomic E-state index is 12.8. The van der Waals surface area contributed by atoms with Gasteiger partial charge in [0.25, 0.3) is 0 Å². The molecule has 1 radical (unpaired) electrons. The first kappa shape index (κ1) is 34.6. The summed E-state index contributed by atoms with van der Waals surface area (Å²) in [5, 5.41) is 3.68. The Bertz CT molecular complexity index is 2190. The Kier molecular flexibility index (Phi) is 10.4. The van der Waals surface area contributed by atoms with Crippen molar-refractivity contribution in [2.24, 2.45) is 0 Å². The van der Waals surface area contributed by atoms with Crippen molar-refractivity contribution in [3.63, 3.8) is 0 Å². The first-order valence-electron chi connectivity index (χ1n) is 16.8. The van der Waals surface area contributed by atoms with E-state index in [1.165, 1.54) is 57.8 Å². The second kappa shape index (κ2) is 14.7. The quantitative estimate of drug-likeness (QED) is 0.128. The predicted octanol–water partition coefficient (Wildman–Crippen LogP) is 10.7. The van der Waals surface area contributed by atoms with Crippen LogP contribution in [0.2, 0.25) is 19.6 Å². The molecule has 0 N–H and O–H groups in total. The van der Waals surface area contributed by atoms with Gasteiger partial charge in [0.1, 0.15) is 5.58 Å². The topological polar surface area (TPSA) is 38.9 Å². The smallest absolute Gasteiger partial charge is 0.124 e. The van der Waals surface area contributed by atoms with E-state index >= 15 is 0 Å². The molecule has 0 fully saturated rings. The van der Waals surface area contributed by atoms with Crippen LogP contribution < -0.4 is 5.19 Å². The van der Waals surface area contributed by atoms with Crippen molar-refractivity contribution in [3.8, 4) is 22.5 Å². The van der Waals surface area contributed by atoms with Crippen molar-refractivity contribution in [2.45, 2.75) is 58.2 Å². The average molecular weight is 839 g/mol. The van der Waals surface area contributed by atoms with E-state index in [4.69, 9.17) is 4.42 Å². The molecule has 0 saturated heterocycles. The van der Waals surface area contributed by atoms with Crippen LogP contribution in [0.1, 0.15) is 47.9 Å². The van der Waals surface area contributed by atoms with Crippen LogP contribution in [0.5, 0.6) is 0 Å². The molecule has 249 valence electrons. The number of furan rings is 1. The monoisotopic (exact) mass is 839 g/mol. The summed E-state index contributed by atoms with van der Waals surface area (Å²) in [6.45, 7) is 9.10. The first-order valence-corrected chi connectivity index (χ1v) is 20.3. The van der Waals surface area contributed by atoms with Crippen molar-refractivity contribution in [2.75, 3.05) is 0 Å². The van der Waals surface area contributed by atoms with Gasteiger partial charge in [-0.15, -0.1) is 53.6 Å². The van der Waals surface area contributed by atoms with E-state index in [0.717, 1.165) is 51.9 Å². The zero-order valence-corrected chi connectivity index (χ0v) is 31.7. The number of hydrogen-bond donors (Lipinski definition) is 0. The number of nitrogens with zero attached hydrogens (tertiary/aromatic N) is 2. The third kappa shape index (κ3) is 7.52. The Labute approximate surface area is 303 Å². The molecule has 49 heavy (non-hydrogen) atoms. The third-order valence-electron chi connectivity index (χ3n) is 9.44. The van der Waals surface area contributed by atoms with Crippen LogP contribution in [-0.4, -0.2) is 18.0 Å². The molecule has 3 nitrogen and oxygen atoms in total. The van der Waals surface area contributed by atoms with E-state index < -0.39 is 8.07 Å². The normalized spacial score (nSPS) is 13.2. The Hall–Kier alpha value is -4.22. The van der Waals surface area contributed by atoms with Crippen molar-refractivity contribution >= 4 is 35.2 Å². The fourth-order valence-corrected chi connectivity index (χ4v) is 7.55. The third-order valence-corrected chi connectivity index (χ3v) is 11.5. The number of pyridine rings is 2.